The molecule has 3 nitrogen and oxygen atoms in total. The normalized spacial score (nSPS) is 14.1. The van der Waals surface area contributed by atoms with Crippen LogP contribution in [0.4, 0.5) is 0 Å². The van der Waals surface area contributed by atoms with E-state index in [0.717, 1.165) is 26.2 Å². The molecule has 0 aromatic heterocycles. The van der Waals surface area contributed by atoms with Crippen LogP contribution >= 0.6 is 0 Å². The predicted molar refractivity (Wildman–Crippen MR) is 70.7 cm³/mol. The lowest BCUT2D eigenvalue weighted by molar-refractivity contribution is 0.160. The zero-order valence-electron chi connectivity index (χ0n) is 11.7. The minimum atomic E-state index is 0.211. The van der Waals surface area contributed by atoms with E-state index in [-0.39, 0.29) is 12.6 Å². The molecule has 0 amide bonds. The first kappa shape index (κ1) is 15.9. The van der Waals surface area contributed by atoms with Gasteiger partial charge in [-0.1, -0.05) is 34.6 Å². The second kappa shape index (κ2) is 8.97. The first-order valence-electron chi connectivity index (χ1n) is 6.56. The molecule has 0 aliphatic rings. The fourth-order valence-corrected chi connectivity index (χ4v) is 2.04. The summed E-state index contributed by atoms with van der Waals surface area (Å²) in [7, 11) is 0. The molecule has 98 valence electrons. The standard InChI is InChI=1S/C13H30N2O/c1-6-14-13(10-16)9-15(7-11(2)3)8-12(4)5/h11-14,16H,6-10H2,1-5H3. The van der Waals surface area contributed by atoms with Crippen molar-refractivity contribution in [3.8, 4) is 0 Å². The maximum Gasteiger partial charge on any atom is 0.0597 e. The lowest BCUT2D eigenvalue weighted by atomic mass is 10.1. The molecular weight excluding hydrogens is 200 g/mol. The molecule has 2 N–H and O–H groups in total. The zero-order chi connectivity index (χ0) is 12.6. The molecule has 0 bridgehead atoms. The third-order valence-electron chi connectivity index (χ3n) is 2.44. The van der Waals surface area contributed by atoms with Gasteiger partial charge < -0.3 is 15.3 Å². The van der Waals surface area contributed by atoms with E-state index in [1.54, 1.807) is 0 Å². The third kappa shape index (κ3) is 8.08. The fourth-order valence-electron chi connectivity index (χ4n) is 2.04. The molecule has 0 aliphatic carbocycles. The van der Waals surface area contributed by atoms with Gasteiger partial charge in [-0.2, -0.15) is 0 Å². The fraction of sp³-hybridized carbons (Fsp3) is 1.00. The van der Waals surface area contributed by atoms with Crippen molar-refractivity contribution < 1.29 is 5.11 Å². The molecule has 1 atom stereocenters. The largest absolute Gasteiger partial charge is 0.395 e. The van der Waals surface area contributed by atoms with Crippen molar-refractivity contribution in [2.45, 2.75) is 40.7 Å². The first-order valence-corrected chi connectivity index (χ1v) is 6.56. The van der Waals surface area contributed by atoms with Crippen LogP contribution in [-0.2, 0) is 0 Å². The van der Waals surface area contributed by atoms with Crippen molar-refractivity contribution in [2.75, 3.05) is 32.8 Å². The summed E-state index contributed by atoms with van der Waals surface area (Å²) in [5, 5.41) is 12.6. The highest BCUT2D eigenvalue weighted by Crippen LogP contribution is 2.04. The van der Waals surface area contributed by atoms with Gasteiger partial charge in [-0.3, -0.25) is 0 Å². The van der Waals surface area contributed by atoms with Crippen LogP contribution in [0.1, 0.15) is 34.6 Å². The smallest absolute Gasteiger partial charge is 0.0597 e. The van der Waals surface area contributed by atoms with Crippen LogP contribution in [0.25, 0.3) is 0 Å². The van der Waals surface area contributed by atoms with Crippen molar-refractivity contribution in [1.29, 1.82) is 0 Å². The Morgan fingerprint density at radius 2 is 1.50 bits per heavy atom. The molecule has 0 radical (unpaired) electrons. The molecule has 0 rings (SSSR count). The summed E-state index contributed by atoms with van der Waals surface area (Å²) in [6.07, 6.45) is 0. The Kier molecular flexibility index (Phi) is 8.90. The van der Waals surface area contributed by atoms with Gasteiger partial charge in [0.25, 0.3) is 0 Å². The van der Waals surface area contributed by atoms with Crippen LogP contribution in [0.15, 0.2) is 0 Å². The summed E-state index contributed by atoms with van der Waals surface area (Å²) in [5.41, 5.74) is 0. The average Bonchev–Trinajstić information content (AvgIpc) is 2.14. The summed E-state index contributed by atoms with van der Waals surface area (Å²) in [4.78, 5) is 2.46. The maximum atomic E-state index is 9.29. The monoisotopic (exact) mass is 230 g/mol. The van der Waals surface area contributed by atoms with Crippen LogP contribution in [-0.4, -0.2) is 48.8 Å². The number of nitrogens with zero attached hydrogens (tertiary/aromatic N) is 1. The Bertz CT molecular complexity index is 150. The van der Waals surface area contributed by atoms with Crippen molar-refractivity contribution in [1.82, 2.24) is 10.2 Å². The van der Waals surface area contributed by atoms with E-state index in [0.29, 0.717) is 11.8 Å². The predicted octanol–water partition coefficient (Wildman–Crippen LogP) is 1.57. The van der Waals surface area contributed by atoms with Crippen LogP contribution < -0.4 is 5.32 Å². The summed E-state index contributed by atoms with van der Waals surface area (Å²) in [6.45, 7) is 15.4. The molecule has 0 saturated carbocycles. The van der Waals surface area contributed by atoms with Gasteiger partial charge in [0.05, 0.1) is 6.61 Å². The lowest BCUT2D eigenvalue weighted by Gasteiger charge is -2.29. The molecule has 0 aliphatic heterocycles. The van der Waals surface area contributed by atoms with Gasteiger partial charge in [-0.05, 0) is 18.4 Å². The number of hydrogen-bond acceptors (Lipinski definition) is 3. The Morgan fingerprint density at radius 3 is 1.81 bits per heavy atom. The minimum Gasteiger partial charge on any atom is -0.395 e. The number of aliphatic hydroxyl groups excluding tert-OH is 1. The van der Waals surface area contributed by atoms with Gasteiger partial charge in [0.1, 0.15) is 0 Å². The van der Waals surface area contributed by atoms with Crippen LogP contribution in [0.2, 0.25) is 0 Å². The van der Waals surface area contributed by atoms with Gasteiger partial charge in [0, 0.05) is 25.7 Å². The number of aliphatic hydroxyl groups is 1. The van der Waals surface area contributed by atoms with Crippen molar-refractivity contribution in [2.24, 2.45) is 11.8 Å². The van der Waals surface area contributed by atoms with Gasteiger partial charge in [-0.25, -0.2) is 0 Å². The van der Waals surface area contributed by atoms with Gasteiger partial charge in [-0.15, -0.1) is 0 Å². The quantitative estimate of drug-likeness (QED) is 0.631. The highest BCUT2D eigenvalue weighted by Gasteiger charge is 2.14. The van der Waals surface area contributed by atoms with E-state index in [1.807, 2.05) is 0 Å². The molecule has 3 heteroatoms. The van der Waals surface area contributed by atoms with E-state index >= 15 is 0 Å². The molecule has 1 unspecified atom stereocenters. The van der Waals surface area contributed by atoms with Gasteiger partial charge in [0.15, 0.2) is 0 Å². The van der Waals surface area contributed by atoms with E-state index < -0.39 is 0 Å². The van der Waals surface area contributed by atoms with E-state index in [4.69, 9.17) is 0 Å². The first-order chi connectivity index (χ1) is 7.49. The van der Waals surface area contributed by atoms with E-state index in [9.17, 15) is 5.11 Å². The molecule has 0 fully saturated rings. The van der Waals surface area contributed by atoms with Crippen LogP contribution in [0.5, 0.6) is 0 Å². The van der Waals surface area contributed by atoms with Crippen molar-refractivity contribution >= 4 is 0 Å². The molecule has 0 spiro atoms. The van der Waals surface area contributed by atoms with Crippen LogP contribution in [0, 0.1) is 11.8 Å². The maximum absolute atomic E-state index is 9.29. The Hall–Kier alpha value is -0.120. The second-order valence-electron chi connectivity index (χ2n) is 5.44. The highest BCUT2D eigenvalue weighted by molar-refractivity contribution is 4.72. The van der Waals surface area contributed by atoms with Gasteiger partial charge >= 0.3 is 0 Å². The molecule has 0 aromatic carbocycles. The lowest BCUT2D eigenvalue weighted by Crippen LogP contribution is -2.45. The molecule has 0 saturated heterocycles. The van der Waals surface area contributed by atoms with Crippen molar-refractivity contribution in [3.05, 3.63) is 0 Å². The highest BCUT2D eigenvalue weighted by atomic mass is 16.3. The number of likely N-dealkylation sites (N-methyl/N-ethyl adjacent to an activating group) is 1. The Labute approximate surface area is 101 Å². The summed E-state index contributed by atoms with van der Waals surface area (Å²) in [6, 6.07) is 0.211. The molecule has 0 heterocycles. The average molecular weight is 230 g/mol. The summed E-state index contributed by atoms with van der Waals surface area (Å²) in [5.74, 6) is 1.36. The summed E-state index contributed by atoms with van der Waals surface area (Å²) >= 11 is 0. The second-order valence-corrected chi connectivity index (χ2v) is 5.44. The third-order valence-corrected chi connectivity index (χ3v) is 2.44. The SMILES string of the molecule is CCNC(CO)CN(CC(C)C)CC(C)C. The number of hydrogen-bond donors (Lipinski definition) is 2. The Balaban J connectivity index is 4.15. The summed E-state index contributed by atoms with van der Waals surface area (Å²) < 4.78 is 0. The molecular formula is C13H30N2O. The van der Waals surface area contributed by atoms with Crippen molar-refractivity contribution in [3.63, 3.8) is 0 Å². The van der Waals surface area contributed by atoms with E-state index in [1.165, 1.54) is 0 Å². The molecule has 16 heavy (non-hydrogen) atoms. The zero-order valence-corrected chi connectivity index (χ0v) is 11.7. The molecule has 0 aromatic rings. The number of nitrogens with one attached hydrogen (secondary N) is 1. The van der Waals surface area contributed by atoms with Crippen LogP contribution in [0.3, 0.4) is 0 Å². The minimum absolute atomic E-state index is 0.211. The topological polar surface area (TPSA) is 35.5 Å². The van der Waals surface area contributed by atoms with E-state index in [2.05, 4.69) is 44.8 Å². The number of rotatable bonds is 9. The van der Waals surface area contributed by atoms with Gasteiger partial charge in [0.2, 0.25) is 0 Å². The Morgan fingerprint density at radius 1 is 1.00 bits per heavy atom.